The molecule has 0 atom stereocenters. The van der Waals surface area contributed by atoms with E-state index < -0.39 is 11.8 Å². The summed E-state index contributed by atoms with van der Waals surface area (Å²) in [4.78, 5) is 31.3. The lowest BCUT2D eigenvalue weighted by molar-refractivity contribution is -0.117. The van der Waals surface area contributed by atoms with E-state index in [0.717, 1.165) is 21.5 Å². The molecule has 0 aromatic carbocycles. The Hall–Kier alpha value is -2.67. The number of carbonyl (C=O) groups is 2. The second kappa shape index (κ2) is 5.02. The van der Waals surface area contributed by atoms with Gasteiger partial charge in [-0.1, -0.05) is 0 Å². The summed E-state index contributed by atoms with van der Waals surface area (Å²) in [6, 6.07) is 5.47. The Morgan fingerprint density at radius 2 is 2.14 bits per heavy atom. The molecule has 0 spiro atoms. The first kappa shape index (κ1) is 13.3. The summed E-state index contributed by atoms with van der Waals surface area (Å²) in [7, 11) is 0. The summed E-state index contributed by atoms with van der Waals surface area (Å²) in [5.41, 5.74) is 12.6. The van der Waals surface area contributed by atoms with E-state index in [1.807, 2.05) is 18.3 Å². The van der Waals surface area contributed by atoms with Crippen molar-refractivity contribution in [3.05, 3.63) is 41.0 Å². The molecule has 7 heteroatoms. The van der Waals surface area contributed by atoms with Crippen molar-refractivity contribution in [3.8, 4) is 10.4 Å². The van der Waals surface area contributed by atoms with Crippen LogP contribution >= 0.6 is 11.3 Å². The molecule has 21 heavy (non-hydrogen) atoms. The summed E-state index contributed by atoms with van der Waals surface area (Å²) in [6.45, 7) is 0. The van der Waals surface area contributed by atoms with Crippen LogP contribution in [0.25, 0.3) is 21.5 Å². The number of carbonyl (C=O) groups excluding carboxylic acids is 2. The van der Waals surface area contributed by atoms with Crippen molar-refractivity contribution in [2.24, 2.45) is 11.5 Å². The Bertz CT molecular complexity index is 850. The highest BCUT2D eigenvalue weighted by molar-refractivity contribution is 7.16. The van der Waals surface area contributed by atoms with Gasteiger partial charge in [0.15, 0.2) is 0 Å². The first-order valence-corrected chi connectivity index (χ1v) is 7.01. The summed E-state index contributed by atoms with van der Waals surface area (Å²) in [5.74, 6) is -1.06. The number of nitrogens with one attached hydrogen (secondary N) is 1. The molecule has 3 aromatic rings. The van der Waals surface area contributed by atoms with Gasteiger partial charge in [0.25, 0.3) is 0 Å². The van der Waals surface area contributed by atoms with Gasteiger partial charge in [-0.3, -0.25) is 9.59 Å². The van der Waals surface area contributed by atoms with E-state index in [9.17, 15) is 9.59 Å². The second-order valence-corrected chi connectivity index (χ2v) is 5.69. The van der Waals surface area contributed by atoms with Crippen molar-refractivity contribution >= 4 is 34.2 Å². The zero-order valence-electron chi connectivity index (χ0n) is 10.9. The molecule has 6 nitrogen and oxygen atoms in total. The number of amides is 2. The number of hydrogen-bond acceptors (Lipinski definition) is 4. The quantitative estimate of drug-likeness (QED) is 0.676. The van der Waals surface area contributed by atoms with E-state index in [-0.39, 0.29) is 6.42 Å². The minimum atomic E-state index is -0.563. The molecule has 0 aliphatic rings. The molecule has 3 heterocycles. The number of primary amides is 2. The van der Waals surface area contributed by atoms with Crippen LogP contribution in [0.2, 0.25) is 0 Å². The van der Waals surface area contributed by atoms with Crippen LogP contribution in [0.5, 0.6) is 0 Å². The Morgan fingerprint density at radius 3 is 2.86 bits per heavy atom. The third-order valence-corrected chi connectivity index (χ3v) is 4.29. The number of nitrogens with zero attached hydrogens (tertiary/aromatic N) is 1. The molecule has 0 aliphatic carbocycles. The SMILES string of the molecule is NC(=O)Cc1sc(-c2c[nH]c3ncccc23)cc1C(N)=O. The summed E-state index contributed by atoms with van der Waals surface area (Å²) < 4.78 is 0. The topological polar surface area (TPSA) is 115 Å². The van der Waals surface area contributed by atoms with Crippen molar-refractivity contribution in [2.75, 3.05) is 0 Å². The lowest BCUT2D eigenvalue weighted by Gasteiger charge is -1.95. The Labute approximate surface area is 123 Å². The number of rotatable bonds is 4. The van der Waals surface area contributed by atoms with Gasteiger partial charge in [-0.25, -0.2) is 4.98 Å². The third-order valence-electron chi connectivity index (χ3n) is 3.13. The molecule has 3 rings (SSSR count). The number of fused-ring (bicyclic) bond motifs is 1. The molecule has 3 aromatic heterocycles. The van der Waals surface area contributed by atoms with Crippen LogP contribution in [0.1, 0.15) is 15.2 Å². The maximum absolute atomic E-state index is 11.5. The van der Waals surface area contributed by atoms with Crippen LogP contribution in [0.3, 0.4) is 0 Å². The smallest absolute Gasteiger partial charge is 0.249 e. The summed E-state index contributed by atoms with van der Waals surface area (Å²) >= 11 is 1.34. The van der Waals surface area contributed by atoms with Gasteiger partial charge in [-0.2, -0.15) is 0 Å². The van der Waals surface area contributed by atoms with E-state index in [1.165, 1.54) is 11.3 Å². The number of hydrogen-bond donors (Lipinski definition) is 3. The van der Waals surface area contributed by atoms with E-state index in [4.69, 9.17) is 11.5 Å². The van der Waals surface area contributed by atoms with Crippen LogP contribution in [0.15, 0.2) is 30.6 Å². The van der Waals surface area contributed by atoms with Gasteiger partial charge in [0, 0.05) is 33.1 Å². The summed E-state index contributed by atoms with van der Waals surface area (Å²) in [5, 5.41) is 0.945. The Morgan fingerprint density at radius 1 is 1.33 bits per heavy atom. The standard InChI is InChI=1S/C14H12N4O2S/c15-12(19)5-11-8(13(16)20)4-10(21-11)9-6-18-14-7(9)2-1-3-17-14/h1-4,6H,5H2,(H2,15,19)(H2,16,20)(H,17,18). The maximum Gasteiger partial charge on any atom is 0.249 e. The first-order chi connectivity index (χ1) is 10.1. The minimum Gasteiger partial charge on any atom is -0.369 e. The van der Waals surface area contributed by atoms with Gasteiger partial charge in [0.05, 0.1) is 12.0 Å². The molecular formula is C14H12N4O2S. The molecule has 106 valence electrons. The average Bonchev–Trinajstić information content (AvgIpc) is 3.01. The second-order valence-electron chi connectivity index (χ2n) is 4.56. The molecule has 0 radical (unpaired) electrons. The highest BCUT2D eigenvalue weighted by Gasteiger charge is 2.18. The minimum absolute atomic E-state index is 0.00352. The zero-order valence-corrected chi connectivity index (χ0v) is 11.7. The number of nitrogens with two attached hydrogens (primary N) is 2. The third kappa shape index (κ3) is 2.38. The van der Waals surface area contributed by atoms with E-state index in [2.05, 4.69) is 9.97 Å². The van der Waals surface area contributed by atoms with Crippen LogP contribution in [0, 0.1) is 0 Å². The highest BCUT2D eigenvalue weighted by Crippen LogP contribution is 2.35. The number of thiophene rings is 1. The van der Waals surface area contributed by atoms with E-state index in [1.54, 1.807) is 12.3 Å². The predicted octanol–water partition coefficient (Wildman–Crippen LogP) is 1.42. The molecule has 0 unspecified atom stereocenters. The molecular weight excluding hydrogens is 288 g/mol. The normalized spacial score (nSPS) is 10.9. The summed E-state index contributed by atoms with van der Waals surface area (Å²) in [6.07, 6.45) is 3.52. The van der Waals surface area contributed by atoms with Gasteiger partial charge in [0.1, 0.15) is 5.65 Å². The van der Waals surface area contributed by atoms with Crippen molar-refractivity contribution < 1.29 is 9.59 Å². The number of pyridine rings is 1. The maximum atomic E-state index is 11.5. The monoisotopic (exact) mass is 300 g/mol. The van der Waals surface area contributed by atoms with Crippen LogP contribution in [-0.4, -0.2) is 21.8 Å². The van der Waals surface area contributed by atoms with Crippen molar-refractivity contribution in [1.29, 1.82) is 0 Å². The average molecular weight is 300 g/mol. The van der Waals surface area contributed by atoms with Crippen LogP contribution in [-0.2, 0) is 11.2 Å². The van der Waals surface area contributed by atoms with E-state index in [0.29, 0.717) is 10.4 Å². The molecule has 0 saturated heterocycles. The van der Waals surface area contributed by atoms with Gasteiger partial charge in [-0.05, 0) is 18.2 Å². The zero-order chi connectivity index (χ0) is 15.0. The number of H-pyrrole nitrogens is 1. The molecule has 5 N–H and O–H groups in total. The first-order valence-electron chi connectivity index (χ1n) is 6.19. The Kier molecular flexibility index (Phi) is 3.19. The fourth-order valence-electron chi connectivity index (χ4n) is 2.22. The lowest BCUT2D eigenvalue weighted by atomic mass is 10.1. The largest absolute Gasteiger partial charge is 0.369 e. The van der Waals surface area contributed by atoms with Crippen molar-refractivity contribution in [2.45, 2.75) is 6.42 Å². The van der Waals surface area contributed by atoms with Gasteiger partial charge < -0.3 is 16.5 Å². The predicted molar refractivity (Wildman–Crippen MR) is 80.8 cm³/mol. The molecule has 0 saturated carbocycles. The van der Waals surface area contributed by atoms with Crippen molar-refractivity contribution in [1.82, 2.24) is 9.97 Å². The fourth-order valence-corrected chi connectivity index (χ4v) is 3.42. The highest BCUT2D eigenvalue weighted by atomic mass is 32.1. The van der Waals surface area contributed by atoms with Crippen LogP contribution < -0.4 is 11.5 Å². The van der Waals surface area contributed by atoms with Gasteiger partial charge in [0.2, 0.25) is 11.8 Å². The number of aromatic amines is 1. The fraction of sp³-hybridized carbons (Fsp3) is 0.0714. The lowest BCUT2D eigenvalue weighted by Crippen LogP contribution is -2.17. The number of aromatic nitrogens is 2. The Balaban J connectivity index is 2.14. The van der Waals surface area contributed by atoms with Gasteiger partial charge in [-0.15, -0.1) is 11.3 Å². The van der Waals surface area contributed by atoms with Crippen molar-refractivity contribution in [3.63, 3.8) is 0 Å². The van der Waals surface area contributed by atoms with E-state index >= 15 is 0 Å². The van der Waals surface area contributed by atoms with Crippen LogP contribution in [0.4, 0.5) is 0 Å². The van der Waals surface area contributed by atoms with Gasteiger partial charge >= 0.3 is 0 Å². The molecule has 2 amide bonds. The molecule has 0 bridgehead atoms. The molecule has 0 aliphatic heterocycles. The molecule has 0 fully saturated rings.